The predicted molar refractivity (Wildman–Crippen MR) is 139 cm³/mol. The van der Waals surface area contributed by atoms with Crippen molar-refractivity contribution >= 4 is 53.3 Å². The molecule has 0 radical (unpaired) electrons. The van der Waals surface area contributed by atoms with Crippen LogP contribution < -0.4 is 20.7 Å². The van der Waals surface area contributed by atoms with Crippen LogP contribution in [-0.4, -0.2) is 38.8 Å². The largest absolute Gasteiger partial charge is 0.431 e. The highest BCUT2D eigenvalue weighted by atomic mass is 29.8. The first-order chi connectivity index (χ1) is 14.9. The number of benzene rings is 4. The van der Waals surface area contributed by atoms with Crippen molar-refractivity contribution in [2.45, 2.75) is 0 Å². The van der Waals surface area contributed by atoms with E-state index in [1.165, 1.54) is 0 Å². The van der Waals surface area contributed by atoms with E-state index in [1.54, 1.807) is 20.7 Å². The van der Waals surface area contributed by atoms with E-state index in [1.807, 2.05) is 0 Å². The monoisotopic (exact) mass is 454 g/mol. The van der Waals surface area contributed by atoms with Gasteiger partial charge < -0.3 is 4.43 Å². The third-order valence-corrected chi connectivity index (χ3v) is 51.2. The Balaban J connectivity index is 1.92. The molecule has 148 valence electrons. The van der Waals surface area contributed by atoms with Gasteiger partial charge in [-0.1, -0.05) is 142 Å². The molecule has 5 heteroatoms. The molecular weight excluding hydrogens is 429 g/mol. The van der Waals surface area contributed by atoms with Crippen molar-refractivity contribution in [3.8, 4) is 0 Å². The van der Waals surface area contributed by atoms with Gasteiger partial charge in [0.25, 0.3) is 0 Å². The molecule has 0 unspecified atom stereocenters. The highest BCUT2D eigenvalue weighted by molar-refractivity contribution is 7.81. The van der Waals surface area contributed by atoms with Crippen molar-refractivity contribution in [3.05, 3.63) is 121 Å². The molecule has 4 aromatic rings. The summed E-state index contributed by atoms with van der Waals surface area (Å²) in [5.41, 5.74) is 0. The summed E-state index contributed by atoms with van der Waals surface area (Å²) >= 11 is 0. The van der Waals surface area contributed by atoms with E-state index in [0.29, 0.717) is 0 Å². The SMILES string of the molecule is c1ccc([Si]2(c3ccccc3)CO[SiH2][SiH2][Si]2(c2ccccc2)c2ccccc2)cc1. The van der Waals surface area contributed by atoms with Crippen LogP contribution in [0.4, 0.5) is 0 Å². The summed E-state index contributed by atoms with van der Waals surface area (Å²) in [4.78, 5) is 0. The van der Waals surface area contributed by atoms with Crippen molar-refractivity contribution in [1.82, 2.24) is 0 Å². The Morgan fingerprint density at radius 2 is 0.867 bits per heavy atom. The maximum atomic E-state index is 6.59. The molecular formula is C25H26OSi4. The fourth-order valence-electron chi connectivity index (χ4n) is 5.45. The summed E-state index contributed by atoms with van der Waals surface area (Å²) in [6, 6.07) is 46.0. The van der Waals surface area contributed by atoms with Gasteiger partial charge in [-0.3, -0.25) is 0 Å². The maximum absolute atomic E-state index is 6.59. The van der Waals surface area contributed by atoms with Crippen LogP contribution in [0.3, 0.4) is 0 Å². The van der Waals surface area contributed by atoms with E-state index in [9.17, 15) is 0 Å². The third kappa shape index (κ3) is 3.05. The van der Waals surface area contributed by atoms with Gasteiger partial charge in [0, 0.05) is 14.8 Å². The quantitative estimate of drug-likeness (QED) is 0.415. The van der Waals surface area contributed by atoms with E-state index in [2.05, 4.69) is 121 Å². The third-order valence-electron chi connectivity index (χ3n) is 6.73. The maximum Gasteiger partial charge on any atom is 0.143 e. The molecule has 0 atom stereocenters. The summed E-state index contributed by atoms with van der Waals surface area (Å²) in [6.07, 6.45) is 0.941. The molecule has 5 rings (SSSR count). The summed E-state index contributed by atoms with van der Waals surface area (Å²) in [6.45, 7) is 0. The van der Waals surface area contributed by atoms with Gasteiger partial charge in [-0.25, -0.2) is 0 Å². The molecule has 0 saturated carbocycles. The molecule has 0 aliphatic carbocycles. The Labute approximate surface area is 184 Å². The molecule has 1 aliphatic rings. The molecule has 0 amide bonds. The van der Waals surface area contributed by atoms with Crippen LogP contribution >= 0.6 is 0 Å². The molecule has 0 aromatic heterocycles. The minimum absolute atomic E-state index is 0.355. The van der Waals surface area contributed by atoms with Crippen LogP contribution in [0.5, 0.6) is 0 Å². The first-order valence-electron chi connectivity index (χ1n) is 10.7. The smallest absolute Gasteiger partial charge is 0.143 e. The summed E-state index contributed by atoms with van der Waals surface area (Å²) in [5.74, 6) is 0. The van der Waals surface area contributed by atoms with Gasteiger partial charge in [-0.05, 0) is 0 Å². The Kier molecular flexibility index (Phi) is 5.54. The highest BCUT2D eigenvalue weighted by Crippen LogP contribution is 2.23. The minimum Gasteiger partial charge on any atom is -0.431 e. The average Bonchev–Trinajstić information content (AvgIpc) is 2.86. The number of hydrogen-bond donors (Lipinski definition) is 0. The Bertz CT molecular complexity index is 919. The second kappa shape index (κ2) is 8.45. The van der Waals surface area contributed by atoms with E-state index < -0.39 is 24.0 Å². The Morgan fingerprint density at radius 1 is 0.500 bits per heavy atom. The van der Waals surface area contributed by atoms with Crippen LogP contribution in [0.2, 0.25) is 0 Å². The number of hydrogen-bond acceptors (Lipinski definition) is 1. The van der Waals surface area contributed by atoms with Crippen molar-refractivity contribution in [2.24, 2.45) is 0 Å². The molecule has 0 spiro atoms. The van der Waals surface area contributed by atoms with Gasteiger partial charge in [0.1, 0.15) is 24.0 Å². The van der Waals surface area contributed by atoms with E-state index >= 15 is 0 Å². The van der Waals surface area contributed by atoms with Gasteiger partial charge in [-0.2, -0.15) is 0 Å². The molecule has 4 aromatic carbocycles. The zero-order valence-electron chi connectivity index (χ0n) is 17.1. The van der Waals surface area contributed by atoms with E-state index in [-0.39, 0.29) is 8.55 Å². The molecule has 1 saturated heterocycles. The molecule has 1 aliphatic heterocycles. The lowest BCUT2D eigenvalue weighted by Crippen LogP contribution is -2.92. The molecule has 1 fully saturated rings. The standard InChI is InChI=1S/C25H26OSi4/c1-5-13-22(14-6-1)29(23-15-7-2-8-16-23)21-26-27-28-30(29,24-17-9-3-10-18-24)25-19-11-4-12-20-25/h1-20H,21,27-28H2. The topological polar surface area (TPSA) is 9.23 Å². The van der Waals surface area contributed by atoms with Gasteiger partial charge in [-0.15, -0.1) is 0 Å². The fourth-order valence-corrected chi connectivity index (χ4v) is 63.6. The van der Waals surface area contributed by atoms with Crippen LogP contribution in [-0.2, 0) is 4.43 Å². The Morgan fingerprint density at radius 3 is 1.27 bits per heavy atom. The van der Waals surface area contributed by atoms with Crippen molar-refractivity contribution in [1.29, 1.82) is 0 Å². The molecule has 30 heavy (non-hydrogen) atoms. The average molecular weight is 455 g/mol. The number of rotatable bonds is 4. The van der Waals surface area contributed by atoms with Gasteiger partial charge in [0.2, 0.25) is 0 Å². The summed E-state index contributed by atoms with van der Waals surface area (Å²) in [5, 5.41) is 6.38. The molecule has 0 N–H and O–H groups in total. The lowest BCUT2D eigenvalue weighted by molar-refractivity contribution is 0.416. The van der Waals surface area contributed by atoms with Crippen molar-refractivity contribution < 1.29 is 4.43 Å². The van der Waals surface area contributed by atoms with Crippen LogP contribution in [0.1, 0.15) is 0 Å². The Hall–Kier alpha value is -2.29. The van der Waals surface area contributed by atoms with Crippen molar-refractivity contribution in [2.75, 3.05) is 6.23 Å². The highest BCUT2D eigenvalue weighted by Gasteiger charge is 2.61. The van der Waals surface area contributed by atoms with Gasteiger partial charge in [0.15, 0.2) is 0 Å². The summed E-state index contributed by atoms with van der Waals surface area (Å²) in [7, 11) is -4.95. The second-order valence-electron chi connectivity index (χ2n) is 8.08. The zero-order chi connectivity index (χ0) is 20.3. The normalized spacial score (nSPS) is 18.9. The molecule has 0 bridgehead atoms. The molecule has 1 heterocycles. The van der Waals surface area contributed by atoms with Gasteiger partial charge >= 0.3 is 0 Å². The summed E-state index contributed by atoms with van der Waals surface area (Å²) < 4.78 is 6.59. The lowest BCUT2D eigenvalue weighted by Gasteiger charge is -2.52. The molecule has 1 nitrogen and oxygen atoms in total. The van der Waals surface area contributed by atoms with Crippen LogP contribution in [0.25, 0.3) is 0 Å². The second-order valence-corrected chi connectivity index (χ2v) is 33.3. The van der Waals surface area contributed by atoms with E-state index in [4.69, 9.17) is 4.43 Å². The first-order valence-corrected chi connectivity index (χ1v) is 22.8. The first kappa shape index (κ1) is 19.7. The van der Waals surface area contributed by atoms with Gasteiger partial charge in [0.05, 0.1) is 0 Å². The van der Waals surface area contributed by atoms with Crippen molar-refractivity contribution in [3.63, 3.8) is 0 Å². The van der Waals surface area contributed by atoms with Crippen LogP contribution in [0, 0.1) is 0 Å². The van der Waals surface area contributed by atoms with E-state index in [0.717, 1.165) is 6.23 Å². The zero-order valence-corrected chi connectivity index (χ0v) is 21.9. The predicted octanol–water partition coefficient (Wildman–Crippen LogP) is 0.825. The van der Waals surface area contributed by atoms with Crippen LogP contribution in [0.15, 0.2) is 121 Å². The lowest BCUT2D eigenvalue weighted by atomic mass is 10.4. The minimum atomic E-state index is -2.18. The fraction of sp³-hybridized carbons (Fsp3) is 0.0400.